The van der Waals surface area contributed by atoms with Crippen LogP contribution in [0.25, 0.3) is 0 Å². The van der Waals surface area contributed by atoms with E-state index in [0.29, 0.717) is 24.1 Å². The fourth-order valence-corrected chi connectivity index (χ4v) is 2.88. The highest BCUT2D eigenvalue weighted by molar-refractivity contribution is 5.94. The van der Waals surface area contributed by atoms with Gasteiger partial charge in [-0.1, -0.05) is 12.1 Å². The van der Waals surface area contributed by atoms with E-state index in [-0.39, 0.29) is 24.3 Å². The minimum absolute atomic E-state index is 0.189. The zero-order valence-electron chi connectivity index (χ0n) is 12.3. The molecule has 3 rings (SSSR count). The van der Waals surface area contributed by atoms with Gasteiger partial charge < -0.3 is 10.0 Å². The highest BCUT2D eigenvalue weighted by Crippen LogP contribution is 2.33. The van der Waals surface area contributed by atoms with E-state index in [1.807, 2.05) is 6.92 Å². The summed E-state index contributed by atoms with van der Waals surface area (Å²) in [7, 11) is 0. The van der Waals surface area contributed by atoms with Crippen LogP contribution < -0.4 is 0 Å². The van der Waals surface area contributed by atoms with Crippen LogP contribution in [0.1, 0.15) is 35.3 Å². The molecule has 6 heteroatoms. The van der Waals surface area contributed by atoms with Crippen molar-refractivity contribution in [3.63, 3.8) is 0 Å². The van der Waals surface area contributed by atoms with Crippen LogP contribution in [0.4, 0.5) is 4.39 Å². The lowest BCUT2D eigenvalue weighted by Gasteiger charge is -2.24. The van der Waals surface area contributed by atoms with Gasteiger partial charge in [0.2, 0.25) is 0 Å². The Bertz CT molecular complexity index is 686. The number of nitrogens with zero attached hydrogens (tertiary/aromatic N) is 3. The summed E-state index contributed by atoms with van der Waals surface area (Å²) < 4.78 is 15.1. The monoisotopic (exact) mass is 303 g/mol. The van der Waals surface area contributed by atoms with E-state index in [9.17, 15) is 14.3 Å². The molecule has 116 valence electrons. The second kappa shape index (κ2) is 5.88. The molecule has 22 heavy (non-hydrogen) atoms. The number of aliphatic hydroxyl groups excluding tert-OH is 1. The Morgan fingerprint density at radius 2 is 2.32 bits per heavy atom. The first-order valence-electron chi connectivity index (χ1n) is 7.35. The predicted octanol–water partition coefficient (Wildman–Crippen LogP) is 1.99. The normalized spacial score (nSPS) is 21.3. The number of hydrogen-bond donors (Lipinski definition) is 1. The van der Waals surface area contributed by atoms with Crippen LogP contribution in [-0.2, 0) is 6.54 Å². The number of amides is 1. The van der Waals surface area contributed by atoms with Crippen molar-refractivity contribution in [1.29, 1.82) is 0 Å². The summed E-state index contributed by atoms with van der Waals surface area (Å²) in [5.41, 5.74) is 1.19. The fourth-order valence-electron chi connectivity index (χ4n) is 2.88. The number of aromatic nitrogens is 2. The van der Waals surface area contributed by atoms with E-state index in [1.165, 1.54) is 18.3 Å². The lowest BCUT2D eigenvalue weighted by molar-refractivity contribution is 0.0715. The van der Waals surface area contributed by atoms with E-state index in [1.54, 1.807) is 27.9 Å². The molecule has 1 saturated heterocycles. The average Bonchev–Trinajstić information content (AvgIpc) is 3.13. The zero-order valence-corrected chi connectivity index (χ0v) is 12.3. The maximum atomic E-state index is 13.4. The van der Waals surface area contributed by atoms with Gasteiger partial charge in [-0.2, -0.15) is 5.10 Å². The Balaban J connectivity index is 1.88. The Morgan fingerprint density at radius 1 is 1.50 bits per heavy atom. The van der Waals surface area contributed by atoms with Crippen molar-refractivity contribution in [2.45, 2.75) is 32.0 Å². The molecule has 0 unspecified atom stereocenters. The van der Waals surface area contributed by atoms with Gasteiger partial charge in [0, 0.05) is 19.3 Å². The Hall–Kier alpha value is -2.21. The molecule has 1 aliphatic rings. The van der Waals surface area contributed by atoms with Crippen molar-refractivity contribution in [1.82, 2.24) is 14.7 Å². The number of aryl methyl sites for hydroxylation is 1. The minimum atomic E-state index is -0.599. The summed E-state index contributed by atoms with van der Waals surface area (Å²) in [5.74, 6) is -0.532. The molecule has 1 aromatic carbocycles. The van der Waals surface area contributed by atoms with Crippen LogP contribution in [0.5, 0.6) is 0 Å². The molecule has 0 saturated carbocycles. The second-order valence-corrected chi connectivity index (χ2v) is 5.50. The van der Waals surface area contributed by atoms with Crippen LogP contribution >= 0.6 is 0 Å². The zero-order chi connectivity index (χ0) is 15.7. The van der Waals surface area contributed by atoms with Gasteiger partial charge in [0.25, 0.3) is 5.91 Å². The van der Waals surface area contributed by atoms with Crippen LogP contribution in [0.3, 0.4) is 0 Å². The van der Waals surface area contributed by atoms with Crippen LogP contribution in [0, 0.1) is 5.82 Å². The number of rotatable bonds is 3. The summed E-state index contributed by atoms with van der Waals surface area (Å²) >= 11 is 0. The highest BCUT2D eigenvalue weighted by atomic mass is 19.1. The van der Waals surface area contributed by atoms with Gasteiger partial charge in [0.1, 0.15) is 5.82 Å². The smallest absolute Gasteiger partial charge is 0.257 e. The quantitative estimate of drug-likeness (QED) is 0.943. The summed E-state index contributed by atoms with van der Waals surface area (Å²) in [6.07, 6.45) is 3.03. The second-order valence-electron chi connectivity index (χ2n) is 5.50. The van der Waals surface area contributed by atoms with Crippen LogP contribution in [0.15, 0.2) is 36.7 Å². The topological polar surface area (TPSA) is 58.4 Å². The Labute approximate surface area is 128 Å². The molecule has 0 aliphatic carbocycles. The molecule has 0 radical (unpaired) electrons. The number of halogens is 1. The minimum Gasteiger partial charge on any atom is -0.391 e. The van der Waals surface area contributed by atoms with Crippen molar-refractivity contribution >= 4 is 5.91 Å². The third kappa shape index (κ3) is 2.74. The molecule has 1 amide bonds. The van der Waals surface area contributed by atoms with E-state index in [2.05, 4.69) is 5.10 Å². The van der Waals surface area contributed by atoms with Gasteiger partial charge >= 0.3 is 0 Å². The summed E-state index contributed by atoms with van der Waals surface area (Å²) in [4.78, 5) is 14.3. The molecule has 2 aromatic rings. The van der Waals surface area contributed by atoms with Gasteiger partial charge in [0.15, 0.2) is 0 Å². The Morgan fingerprint density at radius 3 is 3.00 bits per heavy atom. The predicted molar refractivity (Wildman–Crippen MR) is 78.7 cm³/mol. The molecule has 5 nitrogen and oxygen atoms in total. The third-order valence-corrected chi connectivity index (χ3v) is 3.98. The summed E-state index contributed by atoms with van der Waals surface area (Å²) in [6, 6.07) is 5.86. The van der Waals surface area contributed by atoms with Crippen molar-refractivity contribution in [2.24, 2.45) is 0 Å². The van der Waals surface area contributed by atoms with Crippen LogP contribution in [-0.4, -0.2) is 38.3 Å². The van der Waals surface area contributed by atoms with Gasteiger partial charge in [-0.15, -0.1) is 0 Å². The van der Waals surface area contributed by atoms with E-state index in [4.69, 9.17) is 0 Å². The molecule has 1 aliphatic heterocycles. The maximum Gasteiger partial charge on any atom is 0.257 e. The third-order valence-electron chi connectivity index (χ3n) is 3.98. The molecule has 1 aromatic heterocycles. The number of carbonyl (C=O) groups is 1. The lowest BCUT2D eigenvalue weighted by Crippen LogP contribution is -2.31. The number of benzene rings is 1. The first kappa shape index (κ1) is 14.7. The summed E-state index contributed by atoms with van der Waals surface area (Å²) in [5, 5.41) is 14.0. The molecule has 2 atom stereocenters. The maximum absolute atomic E-state index is 13.4. The lowest BCUT2D eigenvalue weighted by atomic mass is 10.0. The SMILES string of the molecule is CCn1cc(C(=O)N2C[C@@H](O)C[C@@H]2c2cccc(F)c2)cn1. The van der Waals surface area contributed by atoms with Gasteiger partial charge in [0.05, 0.1) is 23.9 Å². The van der Waals surface area contributed by atoms with Crippen LogP contribution in [0.2, 0.25) is 0 Å². The number of likely N-dealkylation sites (tertiary alicyclic amines) is 1. The number of β-amino-alcohol motifs (C(OH)–C–C–N with tert-alkyl or cyclic N) is 1. The highest BCUT2D eigenvalue weighted by Gasteiger charge is 2.36. The molecule has 2 heterocycles. The fraction of sp³-hybridized carbons (Fsp3) is 0.375. The molecular formula is C16H18FN3O2. The van der Waals surface area contributed by atoms with Gasteiger partial charge in [-0.25, -0.2) is 4.39 Å². The first-order valence-corrected chi connectivity index (χ1v) is 7.35. The number of hydrogen-bond acceptors (Lipinski definition) is 3. The molecule has 1 fully saturated rings. The molecular weight excluding hydrogens is 285 g/mol. The Kier molecular flexibility index (Phi) is 3.94. The van der Waals surface area contributed by atoms with Crippen molar-refractivity contribution < 1.29 is 14.3 Å². The summed E-state index contributed by atoms with van der Waals surface area (Å²) in [6.45, 7) is 2.87. The number of carbonyl (C=O) groups excluding carboxylic acids is 1. The molecule has 1 N–H and O–H groups in total. The number of aliphatic hydroxyl groups is 1. The van der Waals surface area contributed by atoms with Crippen molar-refractivity contribution in [3.05, 3.63) is 53.6 Å². The average molecular weight is 303 g/mol. The standard InChI is InChI=1S/C16H18FN3O2/c1-2-19-9-12(8-18-19)16(22)20-10-14(21)7-15(20)11-4-3-5-13(17)6-11/h3-6,8-9,14-15,21H,2,7,10H2,1H3/t14-,15+/m0/s1. The first-order chi connectivity index (χ1) is 10.6. The molecule has 0 bridgehead atoms. The largest absolute Gasteiger partial charge is 0.391 e. The van der Waals surface area contributed by atoms with E-state index < -0.39 is 6.10 Å². The van der Waals surface area contributed by atoms with E-state index >= 15 is 0 Å². The van der Waals surface area contributed by atoms with Gasteiger partial charge in [-0.3, -0.25) is 9.48 Å². The van der Waals surface area contributed by atoms with Gasteiger partial charge in [-0.05, 0) is 31.0 Å². The van der Waals surface area contributed by atoms with Crippen molar-refractivity contribution in [3.8, 4) is 0 Å². The molecule has 0 spiro atoms. The van der Waals surface area contributed by atoms with Crippen molar-refractivity contribution in [2.75, 3.05) is 6.54 Å². The van der Waals surface area contributed by atoms with E-state index in [0.717, 1.165) is 0 Å².